The first kappa shape index (κ1) is 18.4. The average molecular weight is 358 g/mol. The summed E-state index contributed by atoms with van der Waals surface area (Å²) in [5, 5.41) is 9.66. The van der Waals surface area contributed by atoms with Gasteiger partial charge in [0.15, 0.2) is 0 Å². The first-order chi connectivity index (χ1) is 12.4. The van der Waals surface area contributed by atoms with Crippen molar-refractivity contribution in [3.05, 3.63) is 35.4 Å². The van der Waals surface area contributed by atoms with Gasteiger partial charge in [-0.05, 0) is 30.9 Å². The maximum absolute atomic E-state index is 12.9. The van der Waals surface area contributed by atoms with Gasteiger partial charge in [0.1, 0.15) is 0 Å². The van der Waals surface area contributed by atoms with Crippen molar-refractivity contribution in [3.63, 3.8) is 0 Å². The molecule has 2 aliphatic heterocycles. The van der Waals surface area contributed by atoms with Gasteiger partial charge in [-0.1, -0.05) is 24.3 Å². The predicted octanol–water partition coefficient (Wildman–Crippen LogP) is 1.88. The molecule has 0 aliphatic carbocycles. The highest BCUT2D eigenvalue weighted by molar-refractivity contribution is 5.82. The van der Waals surface area contributed by atoms with E-state index in [-0.39, 0.29) is 30.2 Å². The van der Waals surface area contributed by atoms with Crippen LogP contribution in [-0.4, -0.2) is 58.9 Å². The molecule has 1 aromatic rings. The second-order valence-corrected chi connectivity index (χ2v) is 7.43. The lowest BCUT2D eigenvalue weighted by molar-refractivity contribution is -0.143. The van der Waals surface area contributed by atoms with Crippen LogP contribution in [0.25, 0.3) is 0 Å². The highest BCUT2D eigenvalue weighted by Gasteiger charge is 2.42. The van der Waals surface area contributed by atoms with Crippen molar-refractivity contribution >= 4 is 17.8 Å². The topological polar surface area (TPSA) is 77.9 Å². The molecule has 2 aliphatic rings. The van der Waals surface area contributed by atoms with E-state index < -0.39 is 11.9 Å². The Morgan fingerprint density at radius 1 is 1.04 bits per heavy atom. The summed E-state index contributed by atoms with van der Waals surface area (Å²) in [7, 11) is 0. The molecule has 2 atom stereocenters. The quantitative estimate of drug-likeness (QED) is 0.895. The molecule has 2 saturated heterocycles. The highest BCUT2D eigenvalue weighted by atomic mass is 16.4. The summed E-state index contributed by atoms with van der Waals surface area (Å²) in [5.41, 5.74) is 2.08. The number of carboxylic acids is 1. The fourth-order valence-electron chi connectivity index (χ4n) is 4.25. The Labute approximate surface area is 153 Å². The molecule has 0 unspecified atom stereocenters. The number of carbonyl (C=O) groups excluding carboxylic acids is 2. The number of aryl methyl sites for hydroxylation is 1. The molecular weight excluding hydrogens is 332 g/mol. The van der Waals surface area contributed by atoms with Gasteiger partial charge < -0.3 is 14.9 Å². The minimum absolute atomic E-state index is 0.0375. The van der Waals surface area contributed by atoms with Crippen LogP contribution in [-0.2, 0) is 14.4 Å². The third-order valence-corrected chi connectivity index (χ3v) is 5.83. The summed E-state index contributed by atoms with van der Waals surface area (Å²) in [4.78, 5) is 39.7. The van der Waals surface area contributed by atoms with Gasteiger partial charge >= 0.3 is 5.97 Å². The Bertz CT molecular complexity index is 710. The number of carboxylic acid groups (broad SMARTS) is 1. The van der Waals surface area contributed by atoms with Crippen LogP contribution < -0.4 is 0 Å². The van der Waals surface area contributed by atoms with Gasteiger partial charge in [0.25, 0.3) is 0 Å². The van der Waals surface area contributed by atoms with Crippen LogP contribution in [0.5, 0.6) is 0 Å². The van der Waals surface area contributed by atoms with Crippen LogP contribution in [0, 0.1) is 18.8 Å². The molecule has 1 N–H and O–H groups in total. The Balaban J connectivity index is 1.72. The fourth-order valence-corrected chi connectivity index (χ4v) is 4.25. The van der Waals surface area contributed by atoms with Crippen molar-refractivity contribution in [3.8, 4) is 0 Å². The number of amides is 2. The molecule has 0 radical (unpaired) electrons. The van der Waals surface area contributed by atoms with E-state index in [0.717, 1.165) is 11.1 Å². The van der Waals surface area contributed by atoms with E-state index >= 15 is 0 Å². The first-order valence-corrected chi connectivity index (χ1v) is 9.21. The van der Waals surface area contributed by atoms with E-state index in [2.05, 4.69) is 0 Å². The Kier molecular flexibility index (Phi) is 5.30. The lowest BCUT2D eigenvalue weighted by Gasteiger charge is -2.32. The Morgan fingerprint density at radius 3 is 2.27 bits per heavy atom. The zero-order valence-electron chi connectivity index (χ0n) is 15.4. The van der Waals surface area contributed by atoms with Crippen molar-refractivity contribution in [2.24, 2.45) is 11.8 Å². The zero-order valence-corrected chi connectivity index (χ0v) is 15.4. The normalized spacial score (nSPS) is 23.9. The van der Waals surface area contributed by atoms with Crippen molar-refractivity contribution in [2.45, 2.75) is 32.6 Å². The van der Waals surface area contributed by atoms with E-state index in [4.69, 9.17) is 0 Å². The summed E-state index contributed by atoms with van der Waals surface area (Å²) in [5.74, 6) is -1.62. The summed E-state index contributed by atoms with van der Waals surface area (Å²) >= 11 is 0. The molecule has 0 saturated carbocycles. The maximum Gasteiger partial charge on any atom is 0.308 e. The van der Waals surface area contributed by atoms with Gasteiger partial charge in [0.2, 0.25) is 11.8 Å². The summed E-state index contributed by atoms with van der Waals surface area (Å²) in [6, 6.07) is 7.81. The molecule has 0 spiro atoms. The van der Waals surface area contributed by atoms with Gasteiger partial charge in [0, 0.05) is 44.9 Å². The number of hydrogen-bond acceptors (Lipinski definition) is 3. The molecule has 140 valence electrons. The van der Waals surface area contributed by atoms with Crippen molar-refractivity contribution in [1.29, 1.82) is 0 Å². The summed E-state index contributed by atoms with van der Waals surface area (Å²) in [6.45, 7) is 5.45. The third-order valence-electron chi connectivity index (χ3n) is 5.83. The van der Waals surface area contributed by atoms with Gasteiger partial charge in [-0.25, -0.2) is 0 Å². The van der Waals surface area contributed by atoms with E-state index in [1.807, 2.05) is 31.2 Å². The lowest BCUT2D eigenvalue weighted by atomic mass is 9.86. The van der Waals surface area contributed by atoms with Gasteiger partial charge in [-0.2, -0.15) is 0 Å². The number of rotatable bonds is 3. The molecule has 0 aromatic heterocycles. The van der Waals surface area contributed by atoms with Gasteiger partial charge in [-0.15, -0.1) is 0 Å². The molecular formula is C20H26N2O4. The van der Waals surface area contributed by atoms with E-state index in [0.29, 0.717) is 32.5 Å². The number of benzene rings is 1. The summed E-state index contributed by atoms with van der Waals surface area (Å²) < 4.78 is 0. The second kappa shape index (κ2) is 7.48. The standard InChI is InChI=1S/C20H26N2O4/c1-13-5-3-4-6-16(13)17-11-22(12-18(17)20(25)26)19(24)15-7-9-21(10-8-15)14(2)23/h3-6,15,17-18H,7-12H2,1-2H3,(H,25,26)/t17-,18+/m1/s1. The van der Waals surface area contributed by atoms with E-state index in [9.17, 15) is 19.5 Å². The number of likely N-dealkylation sites (tertiary alicyclic amines) is 2. The number of aliphatic carboxylic acids is 1. The largest absolute Gasteiger partial charge is 0.481 e. The smallest absolute Gasteiger partial charge is 0.308 e. The number of carbonyl (C=O) groups is 3. The van der Waals surface area contributed by atoms with Crippen LogP contribution in [0.1, 0.15) is 36.8 Å². The molecule has 2 fully saturated rings. The lowest BCUT2D eigenvalue weighted by Crippen LogP contribution is -2.43. The number of piperidine rings is 1. The molecule has 2 amide bonds. The van der Waals surface area contributed by atoms with Crippen molar-refractivity contribution in [1.82, 2.24) is 9.80 Å². The van der Waals surface area contributed by atoms with Crippen molar-refractivity contribution < 1.29 is 19.5 Å². The Hall–Kier alpha value is -2.37. The highest BCUT2D eigenvalue weighted by Crippen LogP contribution is 2.36. The van der Waals surface area contributed by atoms with E-state index in [1.54, 1.807) is 16.7 Å². The molecule has 26 heavy (non-hydrogen) atoms. The summed E-state index contributed by atoms with van der Waals surface area (Å²) in [6.07, 6.45) is 1.31. The van der Waals surface area contributed by atoms with Crippen LogP contribution in [0.4, 0.5) is 0 Å². The predicted molar refractivity (Wildman–Crippen MR) is 96.6 cm³/mol. The monoisotopic (exact) mass is 358 g/mol. The Morgan fingerprint density at radius 2 is 1.69 bits per heavy atom. The van der Waals surface area contributed by atoms with Gasteiger partial charge in [-0.3, -0.25) is 14.4 Å². The fraction of sp³-hybridized carbons (Fsp3) is 0.550. The second-order valence-electron chi connectivity index (χ2n) is 7.43. The van der Waals surface area contributed by atoms with Crippen LogP contribution in [0.2, 0.25) is 0 Å². The molecule has 3 rings (SSSR count). The molecule has 1 aromatic carbocycles. The zero-order chi connectivity index (χ0) is 18.8. The molecule has 6 heteroatoms. The van der Waals surface area contributed by atoms with Crippen LogP contribution >= 0.6 is 0 Å². The first-order valence-electron chi connectivity index (χ1n) is 9.21. The SMILES string of the molecule is CC(=O)N1CCC(C(=O)N2C[C@H](C(=O)O)[C@@H](c3ccccc3C)C2)CC1. The number of nitrogens with zero attached hydrogens (tertiary/aromatic N) is 2. The van der Waals surface area contributed by atoms with Crippen LogP contribution in [0.15, 0.2) is 24.3 Å². The average Bonchev–Trinajstić information content (AvgIpc) is 3.07. The molecule has 6 nitrogen and oxygen atoms in total. The number of hydrogen-bond donors (Lipinski definition) is 1. The minimum Gasteiger partial charge on any atom is -0.481 e. The third kappa shape index (κ3) is 3.59. The van der Waals surface area contributed by atoms with Gasteiger partial charge in [0.05, 0.1) is 5.92 Å². The van der Waals surface area contributed by atoms with Crippen LogP contribution in [0.3, 0.4) is 0 Å². The maximum atomic E-state index is 12.9. The van der Waals surface area contributed by atoms with Crippen molar-refractivity contribution in [2.75, 3.05) is 26.2 Å². The molecule has 0 bridgehead atoms. The van der Waals surface area contributed by atoms with E-state index in [1.165, 1.54) is 0 Å². The molecule has 2 heterocycles. The minimum atomic E-state index is -0.847.